The highest BCUT2D eigenvalue weighted by Crippen LogP contribution is 2.32. The Morgan fingerprint density at radius 3 is 2.92 bits per heavy atom. The van der Waals surface area contributed by atoms with Crippen molar-refractivity contribution in [1.82, 2.24) is 0 Å². The van der Waals surface area contributed by atoms with Crippen LogP contribution >= 0.6 is 0 Å². The number of nitrogens with two attached hydrogens (primary N) is 1. The molecule has 0 fully saturated rings. The summed E-state index contributed by atoms with van der Waals surface area (Å²) in [5.74, 6) is 2.30. The van der Waals surface area contributed by atoms with Crippen molar-refractivity contribution in [2.24, 2.45) is 11.7 Å². The Kier molecular flexibility index (Phi) is 4.89. The van der Waals surface area contributed by atoms with Gasteiger partial charge in [-0.3, -0.25) is 4.79 Å². The number of carbonyl (C=O) groups is 1. The number of fused-ring (bicyclic) bond motifs is 1. The van der Waals surface area contributed by atoms with E-state index >= 15 is 0 Å². The van der Waals surface area contributed by atoms with Gasteiger partial charge in [0.25, 0.3) is 5.91 Å². The molecule has 1 aliphatic heterocycles. The zero-order chi connectivity index (χ0) is 16.9. The van der Waals surface area contributed by atoms with Crippen molar-refractivity contribution < 1.29 is 19.0 Å². The first-order valence-electron chi connectivity index (χ1n) is 7.94. The molecule has 2 N–H and O–H groups in total. The summed E-state index contributed by atoms with van der Waals surface area (Å²) in [6, 6.07) is 13.7. The third-order valence-electron chi connectivity index (χ3n) is 4.06. The number of methoxy groups -OCH3 is 1. The topological polar surface area (TPSA) is 70.8 Å². The molecule has 1 heterocycles. The second-order valence-corrected chi connectivity index (χ2v) is 5.96. The van der Waals surface area contributed by atoms with E-state index in [9.17, 15) is 4.79 Å². The second kappa shape index (κ2) is 7.25. The number of amides is 1. The summed E-state index contributed by atoms with van der Waals surface area (Å²) in [5.41, 5.74) is 7.46. The van der Waals surface area contributed by atoms with Gasteiger partial charge in [-0.15, -0.1) is 0 Å². The molecule has 0 saturated carbocycles. The zero-order valence-electron chi connectivity index (χ0n) is 13.7. The summed E-state index contributed by atoms with van der Waals surface area (Å²) >= 11 is 0. The molecule has 0 aromatic heterocycles. The lowest BCUT2D eigenvalue weighted by Crippen LogP contribution is -2.23. The van der Waals surface area contributed by atoms with Gasteiger partial charge in [0.05, 0.1) is 13.7 Å². The van der Waals surface area contributed by atoms with Crippen LogP contribution in [-0.4, -0.2) is 26.2 Å². The lowest BCUT2D eigenvalue weighted by molar-refractivity contribution is -0.119. The monoisotopic (exact) mass is 327 g/mol. The maximum atomic E-state index is 10.8. The number of benzene rings is 2. The van der Waals surface area contributed by atoms with Gasteiger partial charge in [0, 0.05) is 12.0 Å². The highest BCUT2D eigenvalue weighted by atomic mass is 16.5. The van der Waals surface area contributed by atoms with Crippen molar-refractivity contribution in [1.29, 1.82) is 0 Å². The van der Waals surface area contributed by atoms with Gasteiger partial charge in [-0.05, 0) is 42.2 Å². The van der Waals surface area contributed by atoms with Crippen molar-refractivity contribution in [2.45, 2.75) is 12.8 Å². The molecule has 0 aliphatic carbocycles. The van der Waals surface area contributed by atoms with Crippen LogP contribution in [0.3, 0.4) is 0 Å². The number of rotatable bonds is 6. The molecule has 5 nitrogen and oxygen atoms in total. The van der Waals surface area contributed by atoms with Crippen LogP contribution in [0.1, 0.15) is 11.1 Å². The molecule has 0 saturated heterocycles. The molecule has 2 aromatic carbocycles. The first-order chi connectivity index (χ1) is 11.6. The van der Waals surface area contributed by atoms with E-state index < -0.39 is 5.91 Å². The predicted molar refractivity (Wildman–Crippen MR) is 90.5 cm³/mol. The molecular formula is C19H21NO4. The van der Waals surface area contributed by atoms with Gasteiger partial charge < -0.3 is 19.9 Å². The third kappa shape index (κ3) is 3.98. The molecule has 0 radical (unpaired) electrons. The van der Waals surface area contributed by atoms with E-state index in [0.717, 1.165) is 29.9 Å². The SMILES string of the molecule is COc1ccc2c(c1)OC[C@@H](Cc1cccc(OCC(N)=O)c1)C2. The molecule has 3 rings (SSSR count). The van der Waals surface area contributed by atoms with Gasteiger partial charge >= 0.3 is 0 Å². The van der Waals surface area contributed by atoms with Gasteiger partial charge in [0.15, 0.2) is 6.61 Å². The summed E-state index contributed by atoms with van der Waals surface area (Å²) in [5, 5.41) is 0. The molecule has 5 heteroatoms. The standard InChI is InChI=1S/C19H21NO4/c1-22-16-6-5-15-8-14(11-24-18(15)10-16)7-13-3-2-4-17(9-13)23-12-19(20)21/h2-6,9-10,14H,7-8,11-12H2,1H3,(H2,20,21)/t14-/m0/s1. The smallest absolute Gasteiger partial charge is 0.255 e. The van der Waals surface area contributed by atoms with Crippen LogP contribution in [0.15, 0.2) is 42.5 Å². The van der Waals surface area contributed by atoms with E-state index in [1.807, 2.05) is 30.3 Å². The summed E-state index contributed by atoms with van der Waals surface area (Å²) in [7, 11) is 1.65. The number of hydrogen-bond acceptors (Lipinski definition) is 4. The average molecular weight is 327 g/mol. The molecule has 126 valence electrons. The maximum Gasteiger partial charge on any atom is 0.255 e. The number of primary amides is 1. The summed E-state index contributed by atoms with van der Waals surface area (Å²) in [4.78, 5) is 10.8. The lowest BCUT2D eigenvalue weighted by Gasteiger charge is -2.25. The van der Waals surface area contributed by atoms with Crippen LogP contribution in [0.2, 0.25) is 0 Å². The average Bonchev–Trinajstić information content (AvgIpc) is 2.60. The molecule has 0 bridgehead atoms. The molecule has 1 amide bonds. The summed E-state index contributed by atoms with van der Waals surface area (Å²) < 4.78 is 16.5. The third-order valence-corrected chi connectivity index (χ3v) is 4.06. The minimum Gasteiger partial charge on any atom is -0.497 e. The van der Waals surface area contributed by atoms with E-state index in [1.54, 1.807) is 7.11 Å². The lowest BCUT2D eigenvalue weighted by atomic mass is 9.91. The van der Waals surface area contributed by atoms with E-state index in [1.165, 1.54) is 5.56 Å². The first-order valence-corrected chi connectivity index (χ1v) is 7.94. The van der Waals surface area contributed by atoms with Gasteiger partial charge in [0.1, 0.15) is 17.2 Å². The van der Waals surface area contributed by atoms with E-state index in [0.29, 0.717) is 18.3 Å². The van der Waals surface area contributed by atoms with Crippen molar-refractivity contribution in [3.8, 4) is 17.2 Å². The van der Waals surface area contributed by atoms with Crippen molar-refractivity contribution in [2.75, 3.05) is 20.3 Å². The quantitative estimate of drug-likeness (QED) is 0.884. The van der Waals surface area contributed by atoms with E-state index in [-0.39, 0.29) is 6.61 Å². The fraction of sp³-hybridized carbons (Fsp3) is 0.316. The Morgan fingerprint density at radius 1 is 1.25 bits per heavy atom. The predicted octanol–water partition coefficient (Wildman–Crippen LogP) is 2.35. The Bertz CT molecular complexity index is 729. The zero-order valence-corrected chi connectivity index (χ0v) is 13.7. The molecule has 0 unspecified atom stereocenters. The van der Waals surface area contributed by atoms with Gasteiger partial charge in [-0.1, -0.05) is 18.2 Å². The van der Waals surface area contributed by atoms with E-state index in [4.69, 9.17) is 19.9 Å². The fourth-order valence-electron chi connectivity index (χ4n) is 2.92. The largest absolute Gasteiger partial charge is 0.497 e. The molecule has 1 atom stereocenters. The Labute approximate surface area is 141 Å². The normalized spacial score (nSPS) is 16.0. The molecule has 1 aliphatic rings. The molecule has 24 heavy (non-hydrogen) atoms. The van der Waals surface area contributed by atoms with Crippen LogP contribution in [0, 0.1) is 5.92 Å². The van der Waals surface area contributed by atoms with Crippen LogP contribution in [-0.2, 0) is 17.6 Å². The number of ether oxygens (including phenoxy) is 3. The molecule has 0 spiro atoms. The number of hydrogen-bond donors (Lipinski definition) is 1. The Balaban J connectivity index is 1.64. The second-order valence-electron chi connectivity index (χ2n) is 5.96. The minimum absolute atomic E-state index is 0.106. The highest BCUT2D eigenvalue weighted by Gasteiger charge is 2.21. The van der Waals surface area contributed by atoms with E-state index in [2.05, 4.69) is 12.1 Å². The maximum absolute atomic E-state index is 10.8. The van der Waals surface area contributed by atoms with Crippen LogP contribution in [0.4, 0.5) is 0 Å². The van der Waals surface area contributed by atoms with Crippen molar-refractivity contribution >= 4 is 5.91 Å². The molecule has 2 aromatic rings. The van der Waals surface area contributed by atoms with Gasteiger partial charge in [0.2, 0.25) is 0 Å². The summed E-state index contributed by atoms with van der Waals surface area (Å²) in [6.07, 6.45) is 1.85. The van der Waals surface area contributed by atoms with Crippen molar-refractivity contribution in [3.05, 3.63) is 53.6 Å². The Morgan fingerprint density at radius 2 is 2.12 bits per heavy atom. The van der Waals surface area contributed by atoms with Crippen LogP contribution in [0.5, 0.6) is 17.2 Å². The van der Waals surface area contributed by atoms with Crippen LogP contribution < -0.4 is 19.9 Å². The van der Waals surface area contributed by atoms with Crippen molar-refractivity contribution in [3.63, 3.8) is 0 Å². The van der Waals surface area contributed by atoms with Gasteiger partial charge in [-0.2, -0.15) is 0 Å². The van der Waals surface area contributed by atoms with Gasteiger partial charge in [-0.25, -0.2) is 0 Å². The summed E-state index contributed by atoms with van der Waals surface area (Å²) in [6.45, 7) is 0.567. The Hall–Kier alpha value is -2.69. The van der Waals surface area contributed by atoms with Crippen LogP contribution in [0.25, 0.3) is 0 Å². The highest BCUT2D eigenvalue weighted by molar-refractivity contribution is 5.75. The minimum atomic E-state index is -0.479. The first kappa shape index (κ1) is 16.2. The number of carbonyl (C=O) groups excluding carboxylic acids is 1. The molecular weight excluding hydrogens is 306 g/mol. The fourth-order valence-corrected chi connectivity index (χ4v) is 2.92.